The van der Waals surface area contributed by atoms with Crippen LogP contribution in [0.1, 0.15) is 10.4 Å². The second-order valence-corrected chi connectivity index (χ2v) is 4.94. The Hall–Kier alpha value is -2.19. The van der Waals surface area contributed by atoms with Gasteiger partial charge in [-0.3, -0.25) is 14.9 Å². The van der Waals surface area contributed by atoms with Gasteiger partial charge in [0.05, 0.1) is 10.5 Å². The number of halogens is 1. The lowest BCUT2D eigenvalue weighted by molar-refractivity contribution is -0.384. The minimum atomic E-state index is -0.712. The molecule has 0 saturated heterocycles. The molecule has 0 amide bonds. The average molecular weight is 325 g/mol. The lowest BCUT2D eigenvalue weighted by Gasteiger charge is -2.09. The van der Waals surface area contributed by atoms with Gasteiger partial charge in [0.25, 0.3) is 10.9 Å². The Morgan fingerprint density at radius 2 is 2.24 bits per heavy atom. The summed E-state index contributed by atoms with van der Waals surface area (Å²) in [6, 6.07) is 5.85. The summed E-state index contributed by atoms with van der Waals surface area (Å²) in [5.74, 6) is 0.204. The maximum Gasteiger partial charge on any atom is 0.271 e. The number of rotatable bonds is 5. The summed E-state index contributed by atoms with van der Waals surface area (Å²) in [6.07, 6.45) is 3.10. The van der Waals surface area contributed by atoms with Crippen LogP contribution in [0, 0.1) is 10.1 Å². The first-order valence-corrected chi connectivity index (χ1v) is 7.24. The average Bonchev–Trinajstić information content (AvgIpc) is 2.47. The lowest BCUT2D eigenvalue weighted by atomic mass is 10.2. The number of non-ortho nitro benzene ring substituents is 1. The van der Waals surface area contributed by atoms with Gasteiger partial charge in [0.15, 0.2) is 5.16 Å². The van der Waals surface area contributed by atoms with E-state index in [-0.39, 0.29) is 17.1 Å². The van der Waals surface area contributed by atoms with Crippen molar-refractivity contribution in [3.05, 3.63) is 46.1 Å². The van der Waals surface area contributed by atoms with Crippen LogP contribution in [-0.2, 0) is 0 Å². The second-order valence-electron chi connectivity index (χ2n) is 3.83. The molecule has 0 unspecified atom stereocenters. The minimum absolute atomic E-state index is 0.0714. The van der Waals surface area contributed by atoms with Crippen LogP contribution in [0.15, 0.2) is 35.6 Å². The molecule has 1 N–H and O–H groups in total. The number of hydrogen-bond acceptors (Lipinski definition) is 7. The van der Waals surface area contributed by atoms with Crippen molar-refractivity contribution in [2.45, 2.75) is 5.16 Å². The number of nitrogens with one attached hydrogen (secondary N) is 1. The van der Waals surface area contributed by atoms with Gasteiger partial charge in [0.1, 0.15) is 5.82 Å². The van der Waals surface area contributed by atoms with E-state index in [1.807, 2.05) is 0 Å². The molecule has 0 aliphatic carbocycles. The van der Waals surface area contributed by atoms with Crippen molar-refractivity contribution in [1.29, 1.82) is 0 Å². The van der Waals surface area contributed by atoms with Crippen molar-refractivity contribution < 1.29 is 9.72 Å². The van der Waals surface area contributed by atoms with E-state index in [0.717, 1.165) is 0 Å². The molecule has 0 spiro atoms. The summed E-state index contributed by atoms with van der Waals surface area (Å²) < 4.78 is 0. The molecule has 0 radical (unpaired) electrons. The molecule has 9 heteroatoms. The maximum atomic E-state index is 11.4. The number of thioether (sulfide) groups is 1. The molecule has 7 nitrogen and oxygen atoms in total. The number of aromatic nitrogens is 2. The molecule has 1 heterocycles. The van der Waals surface area contributed by atoms with Crippen LogP contribution >= 0.6 is 23.4 Å². The van der Waals surface area contributed by atoms with E-state index in [9.17, 15) is 14.9 Å². The predicted octanol–water partition coefficient (Wildman–Crippen LogP) is 3.23. The number of nitro benzene ring substituents is 1. The van der Waals surface area contributed by atoms with E-state index in [0.29, 0.717) is 10.8 Å². The van der Waals surface area contributed by atoms with E-state index in [1.54, 1.807) is 12.3 Å². The zero-order chi connectivity index (χ0) is 15.4. The first-order valence-electron chi connectivity index (χ1n) is 5.63. The Morgan fingerprint density at radius 1 is 1.48 bits per heavy atom. The molecule has 0 atom stereocenters. The van der Waals surface area contributed by atoms with E-state index in [2.05, 4.69) is 15.3 Å². The van der Waals surface area contributed by atoms with Crippen molar-refractivity contribution in [3.63, 3.8) is 0 Å². The maximum absolute atomic E-state index is 11.4. The Labute approximate surface area is 128 Å². The topological polar surface area (TPSA) is 98.0 Å². The molecule has 21 heavy (non-hydrogen) atoms. The van der Waals surface area contributed by atoms with E-state index >= 15 is 0 Å². The highest BCUT2D eigenvalue weighted by molar-refractivity contribution is 7.98. The fraction of sp³-hybridized carbons (Fsp3) is 0.0833. The fourth-order valence-electron chi connectivity index (χ4n) is 1.54. The fourth-order valence-corrected chi connectivity index (χ4v) is 2.02. The minimum Gasteiger partial charge on any atom is -0.339 e. The van der Waals surface area contributed by atoms with Gasteiger partial charge in [0.2, 0.25) is 0 Å². The zero-order valence-electron chi connectivity index (χ0n) is 10.7. The van der Waals surface area contributed by atoms with Crippen molar-refractivity contribution in [3.8, 4) is 0 Å². The Bertz CT molecular complexity index is 711. The largest absolute Gasteiger partial charge is 0.339 e. The van der Waals surface area contributed by atoms with Crippen LogP contribution in [-0.4, -0.2) is 26.4 Å². The third-order valence-electron chi connectivity index (χ3n) is 2.48. The summed E-state index contributed by atoms with van der Waals surface area (Å²) in [6.45, 7) is 0. The van der Waals surface area contributed by atoms with Crippen molar-refractivity contribution >= 4 is 45.8 Å². The Balaban J connectivity index is 2.40. The van der Waals surface area contributed by atoms with Crippen LogP contribution in [0.4, 0.5) is 17.2 Å². The zero-order valence-corrected chi connectivity index (χ0v) is 12.3. The monoisotopic (exact) mass is 324 g/mol. The summed E-state index contributed by atoms with van der Waals surface area (Å²) >= 11 is 6.78. The van der Waals surface area contributed by atoms with E-state index in [1.165, 1.54) is 36.2 Å². The van der Waals surface area contributed by atoms with Crippen LogP contribution in [0.25, 0.3) is 0 Å². The molecule has 0 aliphatic rings. The van der Waals surface area contributed by atoms with Gasteiger partial charge in [0, 0.05) is 24.0 Å². The molecule has 1 aromatic carbocycles. The molecule has 2 aromatic rings. The van der Waals surface area contributed by atoms with E-state index < -0.39 is 10.2 Å². The highest BCUT2D eigenvalue weighted by Gasteiger charge is 2.14. The van der Waals surface area contributed by atoms with Crippen molar-refractivity contribution in [2.75, 3.05) is 11.6 Å². The first kappa shape index (κ1) is 15.2. The molecule has 108 valence electrons. The SMILES string of the molecule is CSc1ncc(C(=O)Cl)c(Nc2cccc([N+](=O)[O-])c2)n1. The molecule has 0 aliphatic heterocycles. The predicted molar refractivity (Wildman–Crippen MR) is 80.4 cm³/mol. The first-order chi connectivity index (χ1) is 10.0. The Morgan fingerprint density at radius 3 is 2.86 bits per heavy atom. The number of anilines is 2. The summed E-state index contributed by atoms with van der Waals surface area (Å²) in [4.78, 5) is 29.7. The van der Waals surface area contributed by atoms with Gasteiger partial charge in [-0.15, -0.1) is 0 Å². The second kappa shape index (κ2) is 6.51. The normalized spacial score (nSPS) is 10.2. The number of carbonyl (C=O) groups is 1. The number of carbonyl (C=O) groups excluding carboxylic acids is 1. The molecule has 0 bridgehead atoms. The number of hydrogen-bond donors (Lipinski definition) is 1. The smallest absolute Gasteiger partial charge is 0.271 e. The van der Waals surface area contributed by atoms with Gasteiger partial charge in [-0.1, -0.05) is 17.8 Å². The molecular formula is C12H9ClN4O3S. The molecule has 0 saturated carbocycles. The van der Waals surface area contributed by atoms with Crippen LogP contribution < -0.4 is 5.32 Å². The van der Waals surface area contributed by atoms with Gasteiger partial charge in [-0.2, -0.15) is 0 Å². The lowest BCUT2D eigenvalue weighted by Crippen LogP contribution is -2.04. The number of nitrogens with zero attached hydrogens (tertiary/aromatic N) is 3. The summed E-state index contributed by atoms with van der Waals surface area (Å²) in [5, 5.41) is 13.3. The summed E-state index contributed by atoms with van der Waals surface area (Å²) in [5.41, 5.74) is 0.452. The van der Waals surface area contributed by atoms with Crippen molar-refractivity contribution in [1.82, 2.24) is 9.97 Å². The number of nitro groups is 1. The quantitative estimate of drug-likeness (QED) is 0.296. The molecular weight excluding hydrogens is 316 g/mol. The van der Waals surface area contributed by atoms with Crippen LogP contribution in [0.3, 0.4) is 0 Å². The van der Waals surface area contributed by atoms with Crippen LogP contribution in [0.2, 0.25) is 0 Å². The van der Waals surface area contributed by atoms with Gasteiger partial charge >= 0.3 is 0 Å². The Kier molecular flexibility index (Phi) is 4.71. The molecule has 0 fully saturated rings. The molecule has 1 aromatic heterocycles. The van der Waals surface area contributed by atoms with Gasteiger partial charge in [-0.05, 0) is 23.9 Å². The van der Waals surface area contributed by atoms with Crippen LogP contribution in [0.5, 0.6) is 0 Å². The third kappa shape index (κ3) is 3.67. The standard InChI is InChI=1S/C12H9ClN4O3S/c1-21-12-14-6-9(10(13)18)11(16-12)15-7-3-2-4-8(5-7)17(19)20/h2-6H,1H3,(H,14,15,16). The molecule has 2 rings (SSSR count). The van der Waals surface area contributed by atoms with Crippen molar-refractivity contribution in [2.24, 2.45) is 0 Å². The number of benzene rings is 1. The highest BCUT2D eigenvalue weighted by atomic mass is 35.5. The van der Waals surface area contributed by atoms with Gasteiger partial charge < -0.3 is 5.32 Å². The third-order valence-corrected chi connectivity index (χ3v) is 3.25. The summed E-state index contributed by atoms with van der Waals surface area (Å²) in [7, 11) is 0. The van der Waals surface area contributed by atoms with Gasteiger partial charge in [-0.25, -0.2) is 9.97 Å². The van der Waals surface area contributed by atoms with E-state index in [4.69, 9.17) is 11.6 Å². The highest BCUT2D eigenvalue weighted by Crippen LogP contribution is 2.24.